The SMILES string of the molecule is O=C1C=COC2C(Cl)CCCC12. The van der Waals surface area contributed by atoms with Gasteiger partial charge >= 0.3 is 0 Å². The van der Waals surface area contributed by atoms with E-state index in [4.69, 9.17) is 16.3 Å². The zero-order valence-corrected chi connectivity index (χ0v) is 7.46. The first-order valence-corrected chi connectivity index (χ1v) is 4.72. The van der Waals surface area contributed by atoms with Gasteiger partial charge in [0.2, 0.25) is 0 Å². The van der Waals surface area contributed by atoms with Crippen molar-refractivity contribution in [2.24, 2.45) is 5.92 Å². The van der Waals surface area contributed by atoms with E-state index in [-0.39, 0.29) is 23.2 Å². The molecule has 66 valence electrons. The highest BCUT2D eigenvalue weighted by Crippen LogP contribution is 2.33. The maximum Gasteiger partial charge on any atom is 0.165 e. The van der Waals surface area contributed by atoms with E-state index in [2.05, 4.69) is 0 Å². The summed E-state index contributed by atoms with van der Waals surface area (Å²) >= 11 is 6.04. The average Bonchev–Trinajstić information content (AvgIpc) is 2.07. The monoisotopic (exact) mass is 186 g/mol. The summed E-state index contributed by atoms with van der Waals surface area (Å²) in [5, 5.41) is 0.0117. The normalized spacial score (nSPS) is 40.4. The number of halogens is 1. The number of rotatable bonds is 0. The topological polar surface area (TPSA) is 26.3 Å². The Morgan fingerprint density at radius 1 is 1.50 bits per heavy atom. The van der Waals surface area contributed by atoms with Crippen molar-refractivity contribution < 1.29 is 9.53 Å². The summed E-state index contributed by atoms with van der Waals surface area (Å²) in [4.78, 5) is 11.3. The fourth-order valence-corrected chi connectivity index (χ4v) is 2.31. The molecule has 1 aliphatic heterocycles. The Bertz CT molecular complexity index is 225. The van der Waals surface area contributed by atoms with Crippen LogP contribution in [0.1, 0.15) is 19.3 Å². The lowest BCUT2D eigenvalue weighted by Crippen LogP contribution is -2.41. The molecule has 0 aromatic rings. The third kappa shape index (κ3) is 1.24. The molecule has 1 heterocycles. The Morgan fingerprint density at radius 3 is 3.08 bits per heavy atom. The van der Waals surface area contributed by atoms with Crippen LogP contribution in [0.15, 0.2) is 12.3 Å². The highest BCUT2D eigenvalue weighted by atomic mass is 35.5. The van der Waals surface area contributed by atoms with E-state index >= 15 is 0 Å². The van der Waals surface area contributed by atoms with Crippen LogP contribution < -0.4 is 0 Å². The molecular formula is C9H11ClO2. The van der Waals surface area contributed by atoms with Gasteiger partial charge in [-0.15, -0.1) is 11.6 Å². The van der Waals surface area contributed by atoms with Crippen molar-refractivity contribution in [1.82, 2.24) is 0 Å². The van der Waals surface area contributed by atoms with Crippen LogP contribution in [-0.2, 0) is 9.53 Å². The van der Waals surface area contributed by atoms with Crippen LogP contribution in [0.25, 0.3) is 0 Å². The van der Waals surface area contributed by atoms with Crippen LogP contribution in [0, 0.1) is 5.92 Å². The predicted octanol–water partition coefficient (Wildman–Crippen LogP) is 1.88. The number of hydrogen-bond donors (Lipinski definition) is 0. The summed E-state index contributed by atoms with van der Waals surface area (Å²) in [5.74, 6) is 0.197. The number of fused-ring (bicyclic) bond motifs is 1. The average molecular weight is 187 g/mol. The van der Waals surface area contributed by atoms with Crippen LogP contribution >= 0.6 is 11.6 Å². The van der Waals surface area contributed by atoms with E-state index in [1.165, 1.54) is 12.3 Å². The number of ketones is 1. The first-order valence-electron chi connectivity index (χ1n) is 4.29. The molecule has 3 atom stereocenters. The number of ether oxygens (including phenoxy) is 1. The molecule has 0 spiro atoms. The van der Waals surface area contributed by atoms with Gasteiger partial charge in [-0.1, -0.05) is 6.42 Å². The molecule has 12 heavy (non-hydrogen) atoms. The van der Waals surface area contributed by atoms with Crippen molar-refractivity contribution in [2.45, 2.75) is 30.7 Å². The number of hydrogen-bond acceptors (Lipinski definition) is 2. The number of alkyl halides is 1. The third-order valence-corrected chi connectivity index (χ3v) is 3.05. The third-order valence-electron chi connectivity index (χ3n) is 2.58. The van der Waals surface area contributed by atoms with Gasteiger partial charge in [-0.25, -0.2) is 0 Å². The summed E-state index contributed by atoms with van der Waals surface area (Å²) in [6, 6.07) is 0. The molecular weight excluding hydrogens is 176 g/mol. The largest absolute Gasteiger partial charge is 0.496 e. The Kier molecular flexibility index (Phi) is 2.09. The molecule has 0 radical (unpaired) electrons. The molecule has 3 unspecified atom stereocenters. The molecule has 2 nitrogen and oxygen atoms in total. The highest BCUT2D eigenvalue weighted by Gasteiger charge is 2.38. The minimum atomic E-state index is -0.0714. The Hall–Kier alpha value is -0.500. The van der Waals surface area contributed by atoms with E-state index in [0.717, 1.165) is 19.3 Å². The molecule has 0 N–H and O–H groups in total. The fraction of sp³-hybridized carbons (Fsp3) is 0.667. The van der Waals surface area contributed by atoms with E-state index < -0.39 is 0 Å². The van der Waals surface area contributed by atoms with Crippen LogP contribution in [0.2, 0.25) is 0 Å². The van der Waals surface area contributed by atoms with Crippen LogP contribution in [0.4, 0.5) is 0 Å². The molecule has 2 rings (SSSR count). The van der Waals surface area contributed by atoms with Gasteiger partial charge in [-0.3, -0.25) is 4.79 Å². The minimum absolute atomic E-state index is 0.0117. The van der Waals surface area contributed by atoms with Gasteiger partial charge in [0.05, 0.1) is 17.6 Å². The zero-order chi connectivity index (χ0) is 8.55. The number of allylic oxidation sites excluding steroid dienone is 1. The molecule has 3 heteroatoms. The molecule has 0 aromatic carbocycles. The minimum Gasteiger partial charge on any atom is -0.496 e. The molecule has 0 bridgehead atoms. The van der Waals surface area contributed by atoms with Crippen molar-refractivity contribution >= 4 is 17.4 Å². The van der Waals surface area contributed by atoms with E-state index in [1.807, 2.05) is 0 Å². The first-order chi connectivity index (χ1) is 5.79. The van der Waals surface area contributed by atoms with Crippen molar-refractivity contribution in [3.8, 4) is 0 Å². The maximum absolute atomic E-state index is 11.3. The van der Waals surface area contributed by atoms with Gasteiger partial charge < -0.3 is 4.74 Å². The molecule has 1 saturated carbocycles. The predicted molar refractivity (Wildman–Crippen MR) is 46.0 cm³/mol. The van der Waals surface area contributed by atoms with E-state index in [9.17, 15) is 4.79 Å². The number of carbonyl (C=O) groups excluding carboxylic acids is 1. The molecule has 0 amide bonds. The fourth-order valence-electron chi connectivity index (χ4n) is 1.92. The van der Waals surface area contributed by atoms with Crippen LogP contribution in [0.3, 0.4) is 0 Å². The quantitative estimate of drug-likeness (QED) is 0.540. The van der Waals surface area contributed by atoms with E-state index in [1.54, 1.807) is 0 Å². The van der Waals surface area contributed by atoms with Crippen LogP contribution in [0.5, 0.6) is 0 Å². The van der Waals surface area contributed by atoms with Crippen molar-refractivity contribution in [3.63, 3.8) is 0 Å². The summed E-state index contributed by atoms with van der Waals surface area (Å²) < 4.78 is 5.33. The summed E-state index contributed by atoms with van der Waals surface area (Å²) in [6.07, 6.45) is 5.84. The van der Waals surface area contributed by atoms with Gasteiger partial charge in [-0.2, -0.15) is 0 Å². The highest BCUT2D eigenvalue weighted by molar-refractivity contribution is 6.21. The second kappa shape index (κ2) is 3.09. The van der Waals surface area contributed by atoms with Gasteiger partial charge in [0.1, 0.15) is 6.10 Å². The van der Waals surface area contributed by atoms with Gasteiger partial charge in [-0.05, 0) is 12.8 Å². The Balaban J connectivity index is 2.18. The summed E-state index contributed by atoms with van der Waals surface area (Å²) in [7, 11) is 0. The first kappa shape index (κ1) is 8.11. The molecule has 2 aliphatic rings. The maximum atomic E-state index is 11.3. The van der Waals surface area contributed by atoms with Crippen molar-refractivity contribution in [3.05, 3.63) is 12.3 Å². The van der Waals surface area contributed by atoms with Crippen molar-refractivity contribution in [1.29, 1.82) is 0 Å². The van der Waals surface area contributed by atoms with Gasteiger partial charge in [0, 0.05) is 6.08 Å². The molecule has 0 saturated heterocycles. The molecule has 1 aliphatic carbocycles. The molecule has 0 aromatic heterocycles. The lowest BCUT2D eigenvalue weighted by atomic mass is 9.82. The summed E-state index contributed by atoms with van der Waals surface area (Å²) in [6.45, 7) is 0. The van der Waals surface area contributed by atoms with Crippen LogP contribution in [-0.4, -0.2) is 17.3 Å². The van der Waals surface area contributed by atoms with Gasteiger partial charge in [0.15, 0.2) is 5.78 Å². The number of carbonyl (C=O) groups is 1. The molecule has 1 fully saturated rings. The van der Waals surface area contributed by atoms with Crippen molar-refractivity contribution in [2.75, 3.05) is 0 Å². The second-order valence-electron chi connectivity index (χ2n) is 3.36. The van der Waals surface area contributed by atoms with Gasteiger partial charge in [0.25, 0.3) is 0 Å². The lowest BCUT2D eigenvalue weighted by molar-refractivity contribution is -0.125. The second-order valence-corrected chi connectivity index (χ2v) is 3.92. The lowest BCUT2D eigenvalue weighted by Gasteiger charge is -2.34. The van der Waals surface area contributed by atoms with E-state index in [0.29, 0.717) is 0 Å². The zero-order valence-electron chi connectivity index (χ0n) is 6.70. The smallest absolute Gasteiger partial charge is 0.165 e. The summed E-state index contributed by atoms with van der Waals surface area (Å²) in [5.41, 5.74) is 0. The standard InChI is InChI=1S/C9H11ClO2/c10-7-3-1-2-6-8(11)4-5-12-9(6)7/h4-7,9H,1-3H2. The Morgan fingerprint density at radius 2 is 2.33 bits per heavy atom. The Labute approximate surface area is 76.5 Å².